The Balaban J connectivity index is 2.35. The maximum Gasteiger partial charge on any atom is 0.411 e. The third-order valence-corrected chi connectivity index (χ3v) is 3.25. The Labute approximate surface area is 116 Å². The van der Waals surface area contributed by atoms with Gasteiger partial charge >= 0.3 is 12.1 Å². The number of benzene rings is 1. The van der Waals surface area contributed by atoms with Crippen molar-refractivity contribution in [2.45, 2.75) is 17.5 Å². The molecule has 1 aromatic carbocycles. The first-order chi connectivity index (χ1) is 9.29. The smallest absolute Gasteiger partial charge is 0.411 e. The Morgan fingerprint density at radius 1 is 1.35 bits per heavy atom. The fourth-order valence-corrected chi connectivity index (χ4v) is 2.18. The zero-order chi connectivity index (χ0) is 15.2. The number of carboxylic acids is 1. The van der Waals surface area contributed by atoms with Gasteiger partial charge < -0.3 is 9.84 Å². The first-order valence-corrected chi connectivity index (χ1v) is 6.58. The van der Waals surface area contributed by atoms with Crippen LogP contribution in [0.15, 0.2) is 23.1 Å². The van der Waals surface area contributed by atoms with E-state index in [1.165, 1.54) is 6.07 Å². The van der Waals surface area contributed by atoms with Crippen molar-refractivity contribution in [3.63, 3.8) is 0 Å². The molecule has 20 heavy (non-hydrogen) atoms. The maximum absolute atomic E-state index is 13.4. The summed E-state index contributed by atoms with van der Waals surface area (Å²) in [6, 6.07) is 3.39. The highest BCUT2D eigenvalue weighted by Crippen LogP contribution is 2.24. The van der Waals surface area contributed by atoms with Crippen LogP contribution in [0.25, 0.3) is 0 Å². The average Bonchev–Trinajstić information content (AvgIpc) is 2.34. The van der Waals surface area contributed by atoms with Gasteiger partial charge in [0.15, 0.2) is 0 Å². The van der Waals surface area contributed by atoms with Crippen molar-refractivity contribution >= 4 is 17.7 Å². The number of halogens is 4. The second-order valence-corrected chi connectivity index (χ2v) is 4.96. The molecule has 0 saturated heterocycles. The van der Waals surface area contributed by atoms with Gasteiger partial charge in [-0.25, -0.2) is 9.18 Å². The minimum Gasteiger partial charge on any atom is -0.478 e. The van der Waals surface area contributed by atoms with Gasteiger partial charge in [-0.1, -0.05) is 0 Å². The predicted octanol–water partition coefficient (Wildman–Crippen LogP) is 3.59. The summed E-state index contributed by atoms with van der Waals surface area (Å²) in [4.78, 5) is 10.9. The zero-order valence-corrected chi connectivity index (χ0v) is 11.1. The van der Waals surface area contributed by atoms with Crippen molar-refractivity contribution in [3.05, 3.63) is 29.6 Å². The van der Waals surface area contributed by atoms with Gasteiger partial charge in [0.2, 0.25) is 0 Å². The van der Waals surface area contributed by atoms with E-state index in [2.05, 4.69) is 4.74 Å². The quantitative estimate of drug-likeness (QED) is 0.475. The minimum absolute atomic E-state index is 0.0396. The molecule has 0 aliphatic heterocycles. The molecule has 0 spiro atoms. The molecule has 0 radical (unpaired) electrons. The molecule has 1 N–H and O–H groups in total. The molecule has 0 atom stereocenters. The van der Waals surface area contributed by atoms with Gasteiger partial charge in [-0.05, 0) is 24.6 Å². The van der Waals surface area contributed by atoms with E-state index >= 15 is 0 Å². The molecule has 0 aliphatic rings. The van der Waals surface area contributed by atoms with E-state index in [1.54, 1.807) is 0 Å². The Morgan fingerprint density at radius 2 is 2.05 bits per heavy atom. The summed E-state index contributed by atoms with van der Waals surface area (Å²) >= 11 is 1.04. The molecule has 0 bridgehead atoms. The number of hydrogen-bond donors (Lipinski definition) is 1. The summed E-state index contributed by atoms with van der Waals surface area (Å²) in [5.41, 5.74) is -0.0396. The molecule has 0 heterocycles. The third kappa shape index (κ3) is 6.25. The molecule has 1 aromatic rings. The first kappa shape index (κ1) is 16.8. The number of alkyl halides is 3. The van der Waals surface area contributed by atoms with E-state index in [-0.39, 0.29) is 17.1 Å². The summed E-state index contributed by atoms with van der Waals surface area (Å²) in [6.07, 6.45) is -4.05. The normalized spacial score (nSPS) is 11.6. The zero-order valence-electron chi connectivity index (χ0n) is 10.2. The summed E-state index contributed by atoms with van der Waals surface area (Å²) < 4.78 is 53.1. The van der Waals surface area contributed by atoms with Crippen LogP contribution in [-0.4, -0.2) is 36.2 Å². The lowest BCUT2D eigenvalue weighted by atomic mass is 10.2. The number of carbonyl (C=O) groups is 1. The summed E-state index contributed by atoms with van der Waals surface area (Å²) in [5, 5.41) is 8.76. The van der Waals surface area contributed by atoms with Crippen molar-refractivity contribution in [1.82, 2.24) is 0 Å². The van der Waals surface area contributed by atoms with Crippen molar-refractivity contribution in [1.29, 1.82) is 0 Å². The molecular formula is C12H12F4O3S. The molecule has 0 amide bonds. The maximum atomic E-state index is 13.4. The van der Waals surface area contributed by atoms with E-state index in [1.807, 2.05) is 0 Å². The number of ether oxygens (including phenoxy) is 1. The SMILES string of the molecule is O=C(O)c1ccc(F)c(SCCCOCC(F)(F)F)c1. The lowest BCUT2D eigenvalue weighted by Gasteiger charge is -2.07. The summed E-state index contributed by atoms with van der Waals surface area (Å²) in [6.45, 7) is -1.40. The minimum atomic E-state index is -4.35. The second kappa shape index (κ2) is 7.49. The Bertz CT molecular complexity index is 463. The molecule has 0 fully saturated rings. The van der Waals surface area contributed by atoms with Crippen LogP contribution in [0.5, 0.6) is 0 Å². The van der Waals surface area contributed by atoms with Gasteiger partial charge in [-0.15, -0.1) is 11.8 Å². The predicted molar refractivity (Wildman–Crippen MR) is 65.6 cm³/mol. The Kier molecular flexibility index (Phi) is 6.28. The van der Waals surface area contributed by atoms with Gasteiger partial charge in [0.05, 0.1) is 5.56 Å². The first-order valence-electron chi connectivity index (χ1n) is 5.60. The van der Waals surface area contributed by atoms with Gasteiger partial charge in [0.1, 0.15) is 12.4 Å². The molecule has 0 aromatic heterocycles. The second-order valence-electron chi connectivity index (χ2n) is 3.82. The van der Waals surface area contributed by atoms with Crippen molar-refractivity contribution < 1.29 is 32.2 Å². The highest BCUT2D eigenvalue weighted by molar-refractivity contribution is 7.99. The van der Waals surface area contributed by atoms with E-state index in [4.69, 9.17) is 5.11 Å². The van der Waals surface area contributed by atoms with Crippen LogP contribution in [0.3, 0.4) is 0 Å². The van der Waals surface area contributed by atoms with Crippen LogP contribution in [0, 0.1) is 5.82 Å². The number of aromatic carboxylic acids is 1. The number of rotatable bonds is 7. The number of hydrogen-bond acceptors (Lipinski definition) is 3. The fraction of sp³-hybridized carbons (Fsp3) is 0.417. The largest absolute Gasteiger partial charge is 0.478 e. The number of carboxylic acid groups (broad SMARTS) is 1. The summed E-state index contributed by atoms with van der Waals surface area (Å²) in [5.74, 6) is -1.39. The topological polar surface area (TPSA) is 46.5 Å². The average molecular weight is 312 g/mol. The van der Waals surface area contributed by atoms with Crippen molar-refractivity contribution in [2.24, 2.45) is 0 Å². The van der Waals surface area contributed by atoms with E-state index in [9.17, 15) is 22.4 Å². The van der Waals surface area contributed by atoms with E-state index in [0.29, 0.717) is 12.2 Å². The third-order valence-electron chi connectivity index (χ3n) is 2.13. The van der Waals surface area contributed by atoms with Crippen LogP contribution in [-0.2, 0) is 4.74 Å². The van der Waals surface area contributed by atoms with Crippen LogP contribution < -0.4 is 0 Å². The molecule has 8 heteroatoms. The molecule has 0 unspecified atom stereocenters. The molecule has 112 valence electrons. The monoisotopic (exact) mass is 312 g/mol. The Hall–Kier alpha value is -1.28. The van der Waals surface area contributed by atoms with Crippen molar-refractivity contribution in [2.75, 3.05) is 19.0 Å². The lowest BCUT2D eigenvalue weighted by molar-refractivity contribution is -0.173. The molecule has 0 saturated carbocycles. The van der Waals surface area contributed by atoms with Crippen LogP contribution >= 0.6 is 11.8 Å². The van der Waals surface area contributed by atoms with Gasteiger partial charge in [-0.3, -0.25) is 0 Å². The van der Waals surface area contributed by atoms with Crippen LogP contribution in [0.1, 0.15) is 16.8 Å². The highest BCUT2D eigenvalue weighted by Gasteiger charge is 2.27. The lowest BCUT2D eigenvalue weighted by Crippen LogP contribution is -2.17. The van der Waals surface area contributed by atoms with Crippen LogP contribution in [0.2, 0.25) is 0 Å². The van der Waals surface area contributed by atoms with E-state index in [0.717, 1.165) is 23.9 Å². The van der Waals surface area contributed by atoms with Gasteiger partial charge in [-0.2, -0.15) is 13.2 Å². The van der Waals surface area contributed by atoms with Gasteiger partial charge in [0.25, 0.3) is 0 Å². The molecule has 1 rings (SSSR count). The van der Waals surface area contributed by atoms with Gasteiger partial charge in [0, 0.05) is 17.3 Å². The highest BCUT2D eigenvalue weighted by atomic mass is 32.2. The summed E-state index contributed by atoms with van der Waals surface area (Å²) in [7, 11) is 0. The van der Waals surface area contributed by atoms with Crippen LogP contribution in [0.4, 0.5) is 17.6 Å². The Morgan fingerprint density at radius 3 is 2.65 bits per heavy atom. The number of thioether (sulfide) groups is 1. The molecular weight excluding hydrogens is 300 g/mol. The van der Waals surface area contributed by atoms with Crippen molar-refractivity contribution in [3.8, 4) is 0 Å². The molecule has 3 nitrogen and oxygen atoms in total. The standard InChI is InChI=1S/C12H12F4O3S/c13-9-3-2-8(11(17)18)6-10(9)20-5-1-4-19-7-12(14,15)16/h2-3,6H,1,4-5,7H2,(H,17,18). The molecule has 0 aliphatic carbocycles. The fourth-order valence-electron chi connectivity index (χ4n) is 1.28. The van der Waals surface area contributed by atoms with E-state index < -0.39 is 24.6 Å².